The summed E-state index contributed by atoms with van der Waals surface area (Å²) in [4.78, 5) is 14.6. The van der Waals surface area contributed by atoms with Gasteiger partial charge in [-0.2, -0.15) is 0 Å². The topological polar surface area (TPSA) is 20.3 Å². The standard InChI is InChI=1S/C16H24BrNO/c1-4-6-11-18(12-7-5-2)16(19)14-9-8-10-15(17)13(14)3/h8-10H,4-7,11-12H2,1-3H3. The smallest absolute Gasteiger partial charge is 0.254 e. The molecule has 0 aromatic heterocycles. The molecule has 1 rings (SSSR count). The largest absolute Gasteiger partial charge is 0.339 e. The van der Waals surface area contributed by atoms with Gasteiger partial charge in [0.1, 0.15) is 0 Å². The van der Waals surface area contributed by atoms with Gasteiger partial charge in [0.15, 0.2) is 0 Å². The van der Waals surface area contributed by atoms with Crippen LogP contribution < -0.4 is 0 Å². The third-order valence-electron chi connectivity index (χ3n) is 3.35. The van der Waals surface area contributed by atoms with E-state index in [1.54, 1.807) is 0 Å². The second-order valence-corrected chi connectivity index (χ2v) is 5.77. The Morgan fingerprint density at radius 2 is 1.74 bits per heavy atom. The number of amides is 1. The molecular formula is C16H24BrNO. The minimum Gasteiger partial charge on any atom is -0.339 e. The maximum Gasteiger partial charge on any atom is 0.254 e. The van der Waals surface area contributed by atoms with Crippen LogP contribution in [0.1, 0.15) is 55.5 Å². The lowest BCUT2D eigenvalue weighted by Gasteiger charge is -2.23. The van der Waals surface area contributed by atoms with Gasteiger partial charge in [0.25, 0.3) is 5.91 Å². The summed E-state index contributed by atoms with van der Waals surface area (Å²) in [6, 6.07) is 5.84. The van der Waals surface area contributed by atoms with E-state index < -0.39 is 0 Å². The molecule has 0 atom stereocenters. The maximum absolute atomic E-state index is 12.6. The van der Waals surface area contributed by atoms with Crippen molar-refractivity contribution in [3.05, 3.63) is 33.8 Å². The van der Waals surface area contributed by atoms with E-state index >= 15 is 0 Å². The van der Waals surface area contributed by atoms with Crippen LogP contribution in [0, 0.1) is 6.92 Å². The fraction of sp³-hybridized carbons (Fsp3) is 0.562. The summed E-state index contributed by atoms with van der Waals surface area (Å²) in [6.45, 7) is 8.04. The lowest BCUT2D eigenvalue weighted by molar-refractivity contribution is 0.0750. The number of halogens is 1. The van der Waals surface area contributed by atoms with Gasteiger partial charge in [0.2, 0.25) is 0 Å². The predicted molar refractivity (Wildman–Crippen MR) is 84.6 cm³/mol. The second-order valence-electron chi connectivity index (χ2n) is 4.91. The van der Waals surface area contributed by atoms with E-state index in [0.29, 0.717) is 0 Å². The summed E-state index contributed by atoms with van der Waals surface area (Å²) < 4.78 is 1.00. The molecule has 0 aliphatic rings. The van der Waals surface area contributed by atoms with Crippen LogP contribution in [0.3, 0.4) is 0 Å². The molecule has 19 heavy (non-hydrogen) atoms. The van der Waals surface area contributed by atoms with E-state index in [2.05, 4.69) is 29.8 Å². The number of carbonyl (C=O) groups is 1. The zero-order valence-corrected chi connectivity index (χ0v) is 13.8. The molecule has 0 radical (unpaired) electrons. The minimum atomic E-state index is 0.167. The number of carbonyl (C=O) groups excluding carboxylic acids is 1. The molecule has 2 nitrogen and oxygen atoms in total. The van der Waals surface area contributed by atoms with Gasteiger partial charge in [-0.15, -0.1) is 0 Å². The number of hydrogen-bond donors (Lipinski definition) is 0. The Labute approximate surface area is 125 Å². The van der Waals surface area contributed by atoms with Crippen molar-refractivity contribution in [3.63, 3.8) is 0 Å². The summed E-state index contributed by atoms with van der Waals surface area (Å²) in [5, 5.41) is 0. The minimum absolute atomic E-state index is 0.167. The van der Waals surface area contributed by atoms with Crippen molar-refractivity contribution in [2.45, 2.75) is 46.5 Å². The summed E-state index contributed by atoms with van der Waals surface area (Å²) in [5.41, 5.74) is 1.85. The third-order valence-corrected chi connectivity index (χ3v) is 4.21. The third kappa shape index (κ3) is 4.64. The Hall–Kier alpha value is -0.830. The maximum atomic E-state index is 12.6. The van der Waals surface area contributed by atoms with Crippen LogP contribution in [-0.2, 0) is 0 Å². The number of rotatable bonds is 7. The van der Waals surface area contributed by atoms with Gasteiger partial charge in [-0.25, -0.2) is 0 Å². The van der Waals surface area contributed by atoms with Crippen molar-refractivity contribution < 1.29 is 4.79 Å². The Morgan fingerprint density at radius 1 is 1.16 bits per heavy atom. The molecule has 3 heteroatoms. The Kier molecular flexibility index (Phi) is 7.14. The van der Waals surface area contributed by atoms with Gasteiger partial charge in [-0.3, -0.25) is 4.79 Å². The highest BCUT2D eigenvalue weighted by Crippen LogP contribution is 2.21. The van der Waals surface area contributed by atoms with Gasteiger partial charge in [-0.1, -0.05) is 48.7 Å². The number of unbranched alkanes of at least 4 members (excludes halogenated alkanes) is 2. The fourth-order valence-electron chi connectivity index (χ4n) is 2.02. The van der Waals surface area contributed by atoms with Gasteiger partial charge in [-0.05, 0) is 37.5 Å². The van der Waals surface area contributed by atoms with Crippen molar-refractivity contribution >= 4 is 21.8 Å². The van der Waals surface area contributed by atoms with Crippen LogP contribution in [0.4, 0.5) is 0 Å². The van der Waals surface area contributed by atoms with Gasteiger partial charge in [0.05, 0.1) is 0 Å². The molecule has 0 bridgehead atoms. The number of benzene rings is 1. The molecule has 0 spiro atoms. The number of hydrogen-bond acceptors (Lipinski definition) is 1. The molecule has 0 aliphatic carbocycles. The zero-order valence-electron chi connectivity index (χ0n) is 12.2. The number of nitrogens with zero attached hydrogens (tertiary/aromatic N) is 1. The van der Waals surface area contributed by atoms with E-state index in [9.17, 15) is 4.79 Å². The van der Waals surface area contributed by atoms with Gasteiger partial charge < -0.3 is 4.90 Å². The van der Waals surface area contributed by atoms with E-state index in [1.807, 2.05) is 30.0 Å². The highest BCUT2D eigenvalue weighted by Gasteiger charge is 2.17. The predicted octanol–water partition coefficient (Wildman–Crippen LogP) is 4.80. The molecule has 0 heterocycles. The van der Waals surface area contributed by atoms with Crippen LogP contribution >= 0.6 is 15.9 Å². The molecule has 0 saturated carbocycles. The van der Waals surface area contributed by atoms with Crippen molar-refractivity contribution in [2.24, 2.45) is 0 Å². The molecule has 1 amide bonds. The summed E-state index contributed by atoms with van der Waals surface area (Å²) in [7, 11) is 0. The first kappa shape index (κ1) is 16.2. The molecule has 0 aliphatic heterocycles. The quantitative estimate of drug-likeness (QED) is 0.705. The van der Waals surface area contributed by atoms with E-state index in [0.717, 1.165) is 54.4 Å². The average molecular weight is 326 g/mol. The van der Waals surface area contributed by atoms with Gasteiger partial charge >= 0.3 is 0 Å². The van der Waals surface area contributed by atoms with Crippen molar-refractivity contribution in [2.75, 3.05) is 13.1 Å². The molecule has 1 aromatic rings. The molecule has 0 fully saturated rings. The van der Waals surface area contributed by atoms with E-state index in [1.165, 1.54) is 0 Å². The van der Waals surface area contributed by atoms with E-state index in [-0.39, 0.29) is 5.91 Å². The van der Waals surface area contributed by atoms with Crippen LogP contribution in [-0.4, -0.2) is 23.9 Å². The highest BCUT2D eigenvalue weighted by molar-refractivity contribution is 9.10. The van der Waals surface area contributed by atoms with Crippen LogP contribution in [0.5, 0.6) is 0 Å². The fourth-order valence-corrected chi connectivity index (χ4v) is 2.39. The molecular weight excluding hydrogens is 302 g/mol. The summed E-state index contributed by atoms with van der Waals surface area (Å²) in [5.74, 6) is 0.167. The molecule has 1 aromatic carbocycles. The van der Waals surface area contributed by atoms with E-state index in [4.69, 9.17) is 0 Å². The first-order chi connectivity index (χ1) is 9.11. The molecule has 0 unspecified atom stereocenters. The van der Waals surface area contributed by atoms with Gasteiger partial charge in [0, 0.05) is 23.1 Å². The molecule has 106 valence electrons. The van der Waals surface area contributed by atoms with Crippen LogP contribution in [0.2, 0.25) is 0 Å². The second kappa shape index (κ2) is 8.36. The SMILES string of the molecule is CCCCN(CCCC)C(=O)c1cccc(Br)c1C. The van der Waals surface area contributed by atoms with Crippen LogP contribution in [0.25, 0.3) is 0 Å². The average Bonchev–Trinajstić information content (AvgIpc) is 2.41. The first-order valence-electron chi connectivity index (χ1n) is 7.16. The van der Waals surface area contributed by atoms with Crippen LogP contribution in [0.15, 0.2) is 22.7 Å². The van der Waals surface area contributed by atoms with Crippen molar-refractivity contribution in [1.82, 2.24) is 4.90 Å². The highest BCUT2D eigenvalue weighted by atomic mass is 79.9. The molecule has 0 saturated heterocycles. The monoisotopic (exact) mass is 325 g/mol. The Morgan fingerprint density at radius 3 is 2.26 bits per heavy atom. The normalized spacial score (nSPS) is 10.5. The van der Waals surface area contributed by atoms with Crippen molar-refractivity contribution in [1.29, 1.82) is 0 Å². The summed E-state index contributed by atoms with van der Waals surface area (Å²) >= 11 is 3.50. The zero-order chi connectivity index (χ0) is 14.3. The molecule has 0 N–H and O–H groups in total. The first-order valence-corrected chi connectivity index (χ1v) is 7.95. The lowest BCUT2D eigenvalue weighted by Crippen LogP contribution is -2.33. The Balaban J connectivity index is 2.87. The summed E-state index contributed by atoms with van der Waals surface area (Å²) in [6.07, 6.45) is 4.38. The Bertz CT molecular complexity index is 409. The van der Waals surface area contributed by atoms with Crippen molar-refractivity contribution in [3.8, 4) is 0 Å². The lowest BCUT2D eigenvalue weighted by atomic mass is 10.1.